The molecule has 2 N–H and O–H groups in total. The van der Waals surface area contributed by atoms with Crippen LogP contribution in [-0.4, -0.2) is 32.0 Å². The van der Waals surface area contributed by atoms with Crippen molar-refractivity contribution in [3.05, 3.63) is 23.8 Å². The Labute approximate surface area is 122 Å². The van der Waals surface area contributed by atoms with Crippen molar-refractivity contribution in [3.8, 4) is 11.5 Å². The van der Waals surface area contributed by atoms with E-state index in [1.807, 2.05) is 25.1 Å². The summed E-state index contributed by atoms with van der Waals surface area (Å²) in [5, 5.41) is 12.9. The maximum Gasteiger partial charge on any atom is 0.165 e. The number of para-hydroxylation sites is 1. The summed E-state index contributed by atoms with van der Waals surface area (Å²) in [7, 11) is 3.29. The second kappa shape index (κ2) is 7.50. The Kier molecular flexibility index (Phi) is 6.30. The van der Waals surface area contributed by atoms with Gasteiger partial charge in [0.25, 0.3) is 0 Å². The average Bonchev–Trinajstić information content (AvgIpc) is 2.36. The monoisotopic (exact) mass is 281 g/mol. The van der Waals surface area contributed by atoms with Crippen molar-refractivity contribution >= 4 is 0 Å². The zero-order valence-electron chi connectivity index (χ0n) is 13.2. The predicted octanol–water partition coefficient (Wildman–Crippen LogP) is 2.59. The van der Waals surface area contributed by atoms with E-state index in [1.54, 1.807) is 14.2 Å². The fourth-order valence-corrected chi connectivity index (χ4v) is 2.50. The molecule has 1 aromatic carbocycles. The maximum atomic E-state index is 9.49. The number of rotatable bonds is 8. The zero-order chi connectivity index (χ0) is 15.2. The molecular formula is C16H27NO3. The summed E-state index contributed by atoms with van der Waals surface area (Å²) in [6.45, 7) is 7.67. The number of hydrogen-bond acceptors (Lipinski definition) is 4. The highest BCUT2D eigenvalue weighted by Gasteiger charge is 2.20. The van der Waals surface area contributed by atoms with Crippen LogP contribution in [0.1, 0.15) is 32.8 Å². The Bertz CT molecular complexity index is 416. The number of aliphatic hydroxyl groups excluding tert-OH is 1. The molecule has 114 valence electrons. The van der Waals surface area contributed by atoms with Crippen molar-refractivity contribution in [1.82, 2.24) is 5.32 Å². The van der Waals surface area contributed by atoms with Crippen molar-refractivity contribution in [1.29, 1.82) is 0 Å². The molecule has 4 nitrogen and oxygen atoms in total. The third-order valence-corrected chi connectivity index (χ3v) is 3.25. The first kappa shape index (κ1) is 16.8. The Morgan fingerprint density at radius 3 is 2.50 bits per heavy atom. The van der Waals surface area contributed by atoms with Crippen LogP contribution in [0.25, 0.3) is 0 Å². The first-order valence-corrected chi connectivity index (χ1v) is 6.98. The summed E-state index contributed by atoms with van der Waals surface area (Å²) < 4.78 is 10.7. The van der Waals surface area contributed by atoms with Crippen molar-refractivity contribution in [3.63, 3.8) is 0 Å². The third kappa shape index (κ3) is 5.02. The summed E-state index contributed by atoms with van der Waals surface area (Å²) in [4.78, 5) is 0. The molecule has 0 fully saturated rings. The molecular weight excluding hydrogens is 254 g/mol. The molecule has 1 aromatic rings. The zero-order valence-corrected chi connectivity index (χ0v) is 13.2. The van der Waals surface area contributed by atoms with Crippen LogP contribution in [0, 0.1) is 5.41 Å². The molecule has 0 aromatic heterocycles. The normalized spacial score (nSPS) is 13.1. The molecule has 0 aliphatic rings. The van der Waals surface area contributed by atoms with Crippen molar-refractivity contribution < 1.29 is 14.6 Å². The molecule has 0 saturated heterocycles. The van der Waals surface area contributed by atoms with E-state index >= 15 is 0 Å². The smallest absolute Gasteiger partial charge is 0.165 e. The van der Waals surface area contributed by atoms with Crippen LogP contribution in [0.4, 0.5) is 0 Å². The lowest BCUT2D eigenvalue weighted by atomic mass is 9.87. The van der Waals surface area contributed by atoms with Gasteiger partial charge < -0.3 is 19.9 Å². The second-order valence-corrected chi connectivity index (χ2v) is 5.97. The lowest BCUT2D eigenvalue weighted by Crippen LogP contribution is -2.31. The lowest BCUT2D eigenvalue weighted by molar-refractivity contribution is 0.128. The fourth-order valence-electron chi connectivity index (χ4n) is 2.50. The summed E-state index contributed by atoms with van der Waals surface area (Å²) in [5.41, 5.74) is 1.12. The van der Waals surface area contributed by atoms with Gasteiger partial charge in [-0.1, -0.05) is 26.0 Å². The van der Waals surface area contributed by atoms with E-state index in [-0.39, 0.29) is 11.5 Å². The quantitative estimate of drug-likeness (QED) is 0.769. The molecule has 0 aliphatic carbocycles. The van der Waals surface area contributed by atoms with Gasteiger partial charge in [0.15, 0.2) is 11.5 Å². The van der Waals surface area contributed by atoms with E-state index in [2.05, 4.69) is 19.2 Å². The van der Waals surface area contributed by atoms with Crippen LogP contribution in [0.5, 0.6) is 11.5 Å². The minimum absolute atomic E-state index is 0.0558. The van der Waals surface area contributed by atoms with Crippen LogP contribution < -0.4 is 14.8 Å². The van der Waals surface area contributed by atoms with Crippen molar-refractivity contribution in [2.75, 3.05) is 20.8 Å². The van der Waals surface area contributed by atoms with Crippen LogP contribution in [0.2, 0.25) is 0 Å². The first-order valence-electron chi connectivity index (χ1n) is 6.98. The van der Waals surface area contributed by atoms with E-state index in [0.29, 0.717) is 6.54 Å². The van der Waals surface area contributed by atoms with Crippen LogP contribution in [0.3, 0.4) is 0 Å². The van der Waals surface area contributed by atoms with Crippen molar-refractivity contribution in [2.45, 2.75) is 39.8 Å². The number of methoxy groups -OCH3 is 2. The number of ether oxygens (including phenoxy) is 2. The van der Waals surface area contributed by atoms with Crippen LogP contribution in [-0.2, 0) is 6.54 Å². The Morgan fingerprint density at radius 1 is 1.25 bits per heavy atom. The van der Waals surface area contributed by atoms with E-state index in [0.717, 1.165) is 30.0 Å². The Hall–Kier alpha value is -1.26. The summed E-state index contributed by atoms with van der Waals surface area (Å²) in [5.74, 6) is 1.52. The fraction of sp³-hybridized carbons (Fsp3) is 0.625. The van der Waals surface area contributed by atoms with Gasteiger partial charge in [-0.3, -0.25) is 0 Å². The minimum atomic E-state index is -0.279. The SMILES string of the molecule is COc1cccc(CNCC(C)(C)CC(C)O)c1OC. The van der Waals surface area contributed by atoms with Gasteiger partial charge in [0.05, 0.1) is 20.3 Å². The molecule has 20 heavy (non-hydrogen) atoms. The van der Waals surface area contributed by atoms with Gasteiger partial charge in [-0.2, -0.15) is 0 Å². The predicted molar refractivity (Wildman–Crippen MR) is 81.3 cm³/mol. The second-order valence-electron chi connectivity index (χ2n) is 5.97. The molecule has 4 heteroatoms. The summed E-state index contributed by atoms with van der Waals surface area (Å²) in [6.07, 6.45) is 0.494. The van der Waals surface area contributed by atoms with Gasteiger partial charge in [-0.15, -0.1) is 0 Å². The average molecular weight is 281 g/mol. The molecule has 1 atom stereocenters. The van der Waals surface area contributed by atoms with Gasteiger partial charge in [-0.25, -0.2) is 0 Å². The van der Waals surface area contributed by atoms with Crippen LogP contribution >= 0.6 is 0 Å². The van der Waals surface area contributed by atoms with Gasteiger partial charge in [0.2, 0.25) is 0 Å². The number of benzene rings is 1. The van der Waals surface area contributed by atoms with Gasteiger partial charge in [0, 0.05) is 18.7 Å². The maximum absolute atomic E-state index is 9.49. The largest absolute Gasteiger partial charge is 0.493 e. The third-order valence-electron chi connectivity index (χ3n) is 3.25. The van der Waals surface area contributed by atoms with Gasteiger partial charge in [-0.05, 0) is 24.8 Å². The summed E-state index contributed by atoms with van der Waals surface area (Å²) >= 11 is 0. The molecule has 0 heterocycles. The molecule has 0 saturated carbocycles. The standard InChI is InChI=1S/C16H27NO3/c1-12(18)9-16(2,3)11-17-10-13-7-6-8-14(19-4)15(13)20-5/h6-8,12,17-18H,9-11H2,1-5H3. The number of hydrogen-bond donors (Lipinski definition) is 2. The van der Waals surface area contributed by atoms with Crippen molar-refractivity contribution in [2.24, 2.45) is 5.41 Å². The highest BCUT2D eigenvalue weighted by molar-refractivity contribution is 5.46. The molecule has 0 spiro atoms. The number of aliphatic hydroxyl groups is 1. The van der Waals surface area contributed by atoms with E-state index in [1.165, 1.54) is 0 Å². The van der Waals surface area contributed by atoms with E-state index in [4.69, 9.17) is 9.47 Å². The van der Waals surface area contributed by atoms with E-state index < -0.39 is 0 Å². The van der Waals surface area contributed by atoms with Gasteiger partial charge >= 0.3 is 0 Å². The molecule has 0 radical (unpaired) electrons. The topological polar surface area (TPSA) is 50.7 Å². The first-order chi connectivity index (χ1) is 9.39. The molecule has 0 bridgehead atoms. The highest BCUT2D eigenvalue weighted by Crippen LogP contribution is 2.30. The highest BCUT2D eigenvalue weighted by atomic mass is 16.5. The minimum Gasteiger partial charge on any atom is -0.493 e. The lowest BCUT2D eigenvalue weighted by Gasteiger charge is -2.26. The Morgan fingerprint density at radius 2 is 1.95 bits per heavy atom. The van der Waals surface area contributed by atoms with Gasteiger partial charge in [0.1, 0.15) is 0 Å². The van der Waals surface area contributed by atoms with E-state index in [9.17, 15) is 5.11 Å². The summed E-state index contributed by atoms with van der Waals surface area (Å²) in [6, 6.07) is 5.87. The molecule has 0 aliphatic heterocycles. The number of nitrogens with one attached hydrogen (secondary N) is 1. The molecule has 1 unspecified atom stereocenters. The molecule has 1 rings (SSSR count). The Balaban J connectivity index is 2.62. The van der Waals surface area contributed by atoms with Crippen LogP contribution in [0.15, 0.2) is 18.2 Å². The molecule has 0 amide bonds.